The maximum Gasteiger partial charge on any atom is 0.186 e. The van der Waals surface area contributed by atoms with Crippen molar-refractivity contribution in [1.82, 2.24) is 9.97 Å². The maximum absolute atomic E-state index is 9.35. The van der Waals surface area contributed by atoms with Crippen molar-refractivity contribution in [1.29, 1.82) is 5.26 Å². The first-order valence-corrected chi connectivity index (χ1v) is 10.4. The lowest BCUT2D eigenvalue weighted by atomic mass is 10.0. The van der Waals surface area contributed by atoms with Crippen LogP contribution in [0.15, 0.2) is 30.5 Å². The molecule has 6 nitrogen and oxygen atoms in total. The Morgan fingerprint density at radius 1 is 1.18 bits per heavy atom. The summed E-state index contributed by atoms with van der Waals surface area (Å²) in [7, 11) is 1.66. The summed E-state index contributed by atoms with van der Waals surface area (Å²) in [6, 6.07) is 9.63. The van der Waals surface area contributed by atoms with E-state index in [1.165, 1.54) is 0 Å². The van der Waals surface area contributed by atoms with Crippen molar-refractivity contribution in [2.45, 2.75) is 0 Å². The maximum atomic E-state index is 9.35. The summed E-state index contributed by atoms with van der Waals surface area (Å²) in [6.45, 7) is 3.74. The molecule has 0 N–H and O–H groups in total. The van der Waals surface area contributed by atoms with Gasteiger partial charge in [-0.3, -0.25) is 0 Å². The molecule has 1 aromatic carbocycles. The van der Waals surface area contributed by atoms with Gasteiger partial charge in [-0.15, -0.1) is 0 Å². The van der Waals surface area contributed by atoms with Crippen LogP contribution in [0.1, 0.15) is 5.56 Å². The van der Waals surface area contributed by atoms with E-state index in [9.17, 15) is 5.26 Å². The van der Waals surface area contributed by atoms with Crippen molar-refractivity contribution in [2.75, 3.05) is 43.1 Å². The SMILES string of the molecule is COc1ccc(Cl)c2sc(N3CC4CN(c5ncccc5C#N)CC4C3)nc12. The summed E-state index contributed by atoms with van der Waals surface area (Å²) in [6.07, 6.45) is 1.76. The number of hydrogen-bond acceptors (Lipinski definition) is 7. The van der Waals surface area contributed by atoms with Gasteiger partial charge in [0.25, 0.3) is 0 Å². The molecule has 2 aliphatic heterocycles. The van der Waals surface area contributed by atoms with Gasteiger partial charge < -0.3 is 14.5 Å². The fourth-order valence-electron chi connectivity index (χ4n) is 4.30. The Labute approximate surface area is 171 Å². The molecule has 2 atom stereocenters. The fraction of sp³-hybridized carbons (Fsp3) is 0.350. The summed E-state index contributed by atoms with van der Waals surface area (Å²) in [5, 5.41) is 11.1. The zero-order valence-corrected chi connectivity index (χ0v) is 16.9. The highest BCUT2D eigenvalue weighted by Crippen LogP contribution is 2.42. The molecule has 4 heterocycles. The van der Waals surface area contributed by atoms with Crippen molar-refractivity contribution < 1.29 is 4.74 Å². The van der Waals surface area contributed by atoms with Crippen molar-refractivity contribution in [3.05, 3.63) is 41.0 Å². The molecule has 2 fully saturated rings. The molecule has 0 amide bonds. The monoisotopic (exact) mass is 411 g/mol. The molecule has 2 saturated heterocycles. The van der Waals surface area contributed by atoms with E-state index in [0.717, 1.165) is 53.1 Å². The average molecular weight is 412 g/mol. The number of aromatic nitrogens is 2. The lowest BCUT2D eigenvalue weighted by Crippen LogP contribution is -2.29. The molecule has 0 saturated carbocycles. The Bertz CT molecular complexity index is 1080. The van der Waals surface area contributed by atoms with Crippen LogP contribution in [0, 0.1) is 23.2 Å². The number of nitrogens with zero attached hydrogens (tertiary/aromatic N) is 5. The first-order chi connectivity index (χ1) is 13.7. The quantitative estimate of drug-likeness (QED) is 0.653. The molecule has 2 aromatic heterocycles. The first-order valence-electron chi connectivity index (χ1n) is 9.16. The molecule has 5 rings (SSSR count). The van der Waals surface area contributed by atoms with Crippen LogP contribution < -0.4 is 14.5 Å². The second-order valence-corrected chi connectivity index (χ2v) is 8.63. The van der Waals surface area contributed by atoms with E-state index in [1.807, 2.05) is 24.3 Å². The molecule has 0 aliphatic carbocycles. The van der Waals surface area contributed by atoms with Crippen molar-refractivity contribution in [3.63, 3.8) is 0 Å². The second kappa shape index (κ2) is 6.80. The highest BCUT2D eigenvalue weighted by molar-refractivity contribution is 7.22. The lowest BCUT2D eigenvalue weighted by molar-refractivity contribution is 0.419. The van der Waals surface area contributed by atoms with Crippen molar-refractivity contribution in [2.24, 2.45) is 11.8 Å². The van der Waals surface area contributed by atoms with E-state index < -0.39 is 0 Å². The molecule has 0 spiro atoms. The molecule has 3 aromatic rings. The standard InChI is InChI=1S/C20H18ClN5OS/c1-27-16-5-4-15(21)18-17(16)24-20(28-18)26-10-13-8-25(9-14(13)11-26)19-12(7-22)3-2-6-23-19/h2-6,13-14H,8-11H2,1H3. The fourth-order valence-corrected chi connectivity index (χ4v) is 5.57. The van der Waals surface area contributed by atoms with Gasteiger partial charge >= 0.3 is 0 Å². The zero-order chi connectivity index (χ0) is 19.3. The lowest BCUT2D eigenvalue weighted by Gasteiger charge is -2.22. The van der Waals surface area contributed by atoms with Gasteiger partial charge in [-0.1, -0.05) is 22.9 Å². The third-order valence-corrected chi connectivity index (χ3v) is 7.21. The third kappa shape index (κ3) is 2.76. The number of methoxy groups -OCH3 is 1. The second-order valence-electron chi connectivity index (χ2n) is 7.24. The Morgan fingerprint density at radius 3 is 2.64 bits per heavy atom. The van der Waals surface area contributed by atoms with Gasteiger partial charge in [-0.2, -0.15) is 5.26 Å². The zero-order valence-electron chi connectivity index (χ0n) is 15.3. The molecule has 0 radical (unpaired) electrons. The van der Waals surface area contributed by atoms with Crippen LogP contribution in [0.25, 0.3) is 10.2 Å². The Balaban J connectivity index is 1.37. The minimum Gasteiger partial charge on any atom is -0.494 e. The topological polar surface area (TPSA) is 65.3 Å². The van der Waals surface area contributed by atoms with E-state index in [1.54, 1.807) is 24.6 Å². The minimum atomic E-state index is 0.540. The highest BCUT2D eigenvalue weighted by Gasteiger charge is 2.41. The summed E-state index contributed by atoms with van der Waals surface area (Å²) in [5.41, 5.74) is 1.48. The Morgan fingerprint density at radius 2 is 1.93 bits per heavy atom. The summed E-state index contributed by atoms with van der Waals surface area (Å²) in [4.78, 5) is 13.9. The molecule has 142 valence electrons. The van der Waals surface area contributed by atoms with Crippen LogP contribution in [0.5, 0.6) is 5.75 Å². The van der Waals surface area contributed by atoms with Gasteiger partial charge in [0.15, 0.2) is 5.13 Å². The third-order valence-electron chi connectivity index (χ3n) is 5.63. The van der Waals surface area contributed by atoms with Crippen LogP contribution in [0.2, 0.25) is 5.02 Å². The van der Waals surface area contributed by atoms with E-state index >= 15 is 0 Å². The number of benzene rings is 1. The van der Waals surface area contributed by atoms with Gasteiger partial charge in [0.2, 0.25) is 0 Å². The van der Waals surface area contributed by atoms with Crippen LogP contribution in [-0.4, -0.2) is 43.3 Å². The predicted octanol–water partition coefficient (Wildman–Crippen LogP) is 3.80. The predicted molar refractivity (Wildman–Crippen MR) is 112 cm³/mol. The smallest absolute Gasteiger partial charge is 0.186 e. The molecular weight excluding hydrogens is 394 g/mol. The molecule has 8 heteroatoms. The van der Waals surface area contributed by atoms with Crippen LogP contribution in [0.3, 0.4) is 0 Å². The first kappa shape index (κ1) is 17.5. The Kier molecular flexibility index (Phi) is 4.26. The van der Waals surface area contributed by atoms with Crippen LogP contribution in [-0.2, 0) is 0 Å². The highest BCUT2D eigenvalue weighted by atomic mass is 35.5. The number of hydrogen-bond donors (Lipinski definition) is 0. The summed E-state index contributed by atoms with van der Waals surface area (Å²) in [5.74, 6) is 2.64. The largest absolute Gasteiger partial charge is 0.494 e. The molecule has 28 heavy (non-hydrogen) atoms. The molecule has 2 unspecified atom stereocenters. The summed E-state index contributed by atoms with van der Waals surface area (Å²) >= 11 is 8.00. The van der Waals surface area contributed by atoms with E-state index in [-0.39, 0.29) is 0 Å². The minimum absolute atomic E-state index is 0.540. The number of thiazole rings is 1. The molecule has 2 aliphatic rings. The van der Waals surface area contributed by atoms with E-state index in [4.69, 9.17) is 21.3 Å². The van der Waals surface area contributed by atoms with Gasteiger partial charge in [-0.05, 0) is 24.3 Å². The normalized spacial score (nSPS) is 21.2. The van der Waals surface area contributed by atoms with Crippen LogP contribution >= 0.6 is 22.9 Å². The van der Waals surface area contributed by atoms with Gasteiger partial charge in [0.1, 0.15) is 23.2 Å². The van der Waals surface area contributed by atoms with Gasteiger partial charge in [-0.25, -0.2) is 9.97 Å². The van der Waals surface area contributed by atoms with Gasteiger partial charge in [0.05, 0.1) is 22.4 Å². The molecule has 0 bridgehead atoms. The average Bonchev–Trinajstić information content (AvgIpc) is 3.41. The van der Waals surface area contributed by atoms with E-state index in [0.29, 0.717) is 22.4 Å². The van der Waals surface area contributed by atoms with Crippen molar-refractivity contribution >= 4 is 44.1 Å². The van der Waals surface area contributed by atoms with E-state index in [2.05, 4.69) is 20.9 Å². The Hall–Kier alpha value is -2.56. The van der Waals surface area contributed by atoms with Crippen molar-refractivity contribution in [3.8, 4) is 11.8 Å². The molecular formula is C20H18ClN5OS. The number of fused-ring (bicyclic) bond motifs is 2. The van der Waals surface area contributed by atoms with Gasteiger partial charge in [0, 0.05) is 44.2 Å². The number of rotatable bonds is 3. The number of anilines is 2. The number of halogens is 1. The number of pyridine rings is 1. The van der Waals surface area contributed by atoms with Crippen LogP contribution in [0.4, 0.5) is 10.9 Å². The number of ether oxygens (including phenoxy) is 1. The number of nitriles is 1. The summed E-state index contributed by atoms with van der Waals surface area (Å²) < 4.78 is 6.42.